The van der Waals surface area contributed by atoms with E-state index in [2.05, 4.69) is 25.7 Å². The lowest BCUT2D eigenvalue weighted by Crippen LogP contribution is -2.49. The highest BCUT2D eigenvalue weighted by molar-refractivity contribution is 4.88. The van der Waals surface area contributed by atoms with Gasteiger partial charge in [-0.25, -0.2) is 0 Å². The van der Waals surface area contributed by atoms with Gasteiger partial charge in [-0.15, -0.1) is 0 Å². The van der Waals surface area contributed by atoms with Crippen molar-refractivity contribution >= 4 is 0 Å². The van der Waals surface area contributed by atoms with Gasteiger partial charge in [0.2, 0.25) is 0 Å². The third-order valence-electron chi connectivity index (χ3n) is 3.33. The van der Waals surface area contributed by atoms with Crippen LogP contribution in [0.4, 0.5) is 0 Å². The molecule has 0 radical (unpaired) electrons. The Morgan fingerprint density at radius 3 is 2.15 bits per heavy atom. The van der Waals surface area contributed by atoms with Crippen LogP contribution < -0.4 is 0 Å². The Morgan fingerprint density at radius 2 is 1.69 bits per heavy atom. The quantitative estimate of drug-likeness (QED) is 0.648. The van der Waals surface area contributed by atoms with E-state index in [1.54, 1.807) is 0 Å². The maximum Gasteiger partial charge on any atom is 0.0678 e. The summed E-state index contributed by atoms with van der Waals surface area (Å²) in [5.41, 5.74) is 0. The van der Waals surface area contributed by atoms with Crippen molar-refractivity contribution in [1.29, 1.82) is 0 Å². The molecule has 3 atom stereocenters. The summed E-state index contributed by atoms with van der Waals surface area (Å²) in [6, 6.07) is 0.786. The van der Waals surface area contributed by atoms with Crippen molar-refractivity contribution in [2.75, 3.05) is 13.1 Å². The molecule has 1 aliphatic carbocycles. The van der Waals surface area contributed by atoms with E-state index in [1.807, 2.05) is 0 Å². The third-order valence-corrected chi connectivity index (χ3v) is 3.33. The van der Waals surface area contributed by atoms with E-state index in [-0.39, 0.29) is 0 Å². The van der Waals surface area contributed by atoms with Crippen LogP contribution in [-0.4, -0.2) is 36.2 Å². The van der Waals surface area contributed by atoms with Crippen LogP contribution in [0.1, 0.15) is 33.6 Å². The van der Waals surface area contributed by atoms with Crippen LogP contribution in [0.15, 0.2) is 0 Å². The third kappa shape index (κ3) is 2.23. The molecule has 2 rings (SSSR count). The van der Waals surface area contributed by atoms with Crippen molar-refractivity contribution < 1.29 is 4.74 Å². The topological polar surface area (TPSA) is 12.5 Å². The monoisotopic (exact) mass is 183 g/mol. The van der Waals surface area contributed by atoms with Gasteiger partial charge in [0.05, 0.1) is 12.2 Å². The lowest BCUT2D eigenvalue weighted by Gasteiger charge is -2.39. The van der Waals surface area contributed by atoms with Crippen molar-refractivity contribution in [3.63, 3.8) is 0 Å². The second-order valence-corrected chi connectivity index (χ2v) is 4.79. The maximum atomic E-state index is 5.73. The molecule has 2 fully saturated rings. The highest BCUT2D eigenvalue weighted by Gasteiger charge is 2.34. The van der Waals surface area contributed by atoms with Gasteiger partial charge in [-0.3, -0.25) is 4.90 Å². The lowest BCUT2D eigenvalue weighted by molar-refractivity contribution is -0.0806. The molecule has 1 heterocycles. The zero-order chi connectivity index (χ0) is 9.42. The first kappa shape index (κ1) is 9.47. The minimum absolute atomic E-state index is 0.421. The highest BCUT2D eigenvalue weighted by Crippen LogP contribution is 2.35. The molecule has 2 nitrogen and oxygen atoms in total. The normalized spacial score (nSPS) is 39.0. The average molecular weight is 183 g/mol. The molecule has 0 aromatic carbocycles. The van der Waals surface area contributed by atoms with Gasteiger partial charge in [-0.05, 0) is 39.5 Å². The van der Waals surface area contributed by atoms with Gasteiger partial charge in [-0.2, -0.15) is 0 Å². The molecule has 0 amide bonds. The fourth-order valence-electron chi connectivity index (χ4n) is 2.43. The number of morpholine rings is 1. The van der Waals surface area contributed by atoms with Gasteiger partial charge in [0.25, 0.3) is 0 Å². The summed E-state index contributed by atoms with van der Waals surface area (Å²) in [4.78, 5) is 2.61. The van der Waals surface area contributed by atoms with Crippen LogP contribution in [0.5, 0.6) is 0 Å². The maximum absolute atomic E-state index is 5.73. The predicted molar refractivity (Wildman–Crippen MR) is 53.8 cm³/mol. The predicted octanol–water partition coefficient (Wildman–Crippen LogP) is 1.89. The first-order chi connectivity index (χ1) is 6.16. The molecule has 0 bridgehead atoms. The summed E-state index contributed by atoms with van der Waals surface area (Å²) in [7, 11) is 0. The molecular formula is C11H21NO. The largest absolute Gasteiger partial charge is 0.373 e. The summed E-state index contributed by atoms with van der Waals surface area (Å²) in [6.45, 7) is 9.00. The Bertz CT molecular complexity index is 169. The molecule has 76 valence electrons. The Hall–Kier alpha value is -0.0800. The highest BCUT2D eigenvalue weighted by atomic mass is 16.5. The van der Waals surface area contributed by atoms with E-state index in [9.17, 15) is 0 Å². The molecule has 1 unspecified atom stereocenters. The molecule has 13 heavy (non-hydrogen) atoms. The molecule has 0 spiro atoms. The van der Waals surface area contributed by atoms with Crippen molar-refractivity contribution in [3.05, 3.63) is 0 Å². The molecular weight excluding hydrogens is 162 g/mol. The fraction of sp³-hybridized carbons (Fsp3) is 1.00. The minimum atomic E-state index is 0.421. The second-order valence-electron chi connectivity index (χ2n) is 4.79. The number of nitrogens with zero attached hydrogens (tertiary/aromatic N) is 1. The second kappa shape index (κ2) is 3.58. The van der Waals surface area contributed by atoms with Crippen LogP contribution >= 0.6 is 0 Å². The number of rotatable bonds is 2. The Kier molecular flexibility index (Phi) is 2.61. The van der Waals surface area contributed by atoms with Gasteiger partial charge in [0, 0.05) is 19.1 Å². The van der Waals surface area contributed by atoms with Crippen molar-refractivity contribution in [1.82, 2.24) is 4.90 Å². The SMILES string of the molecule is CC(C1CC1)N1C[C@@H](C)O[C@@H](C)C1. The molecule has 1 saturated carbocycles. The summed E-state index contributed by atoms with van der Waals surface area (Å²) in [6.07, 6.45) is 3.73. The molecule has 2 aliphatic rings. The van der Waals surface area contributed by atoms with Crippen molar-refractivity contribution in [3.8, 4) is 0 Å². The Balaban J connectivity index is 1.89. The molecule has 2 heteroatoms. The molecule has 0 aromatic rings. The van der Waals surface area contributed by atoms with Crippen LogP contribution in [0, 0.1) is 5.92 Å². The molecule has 1 aliphatic heterocycles. The van der Waals surface area contributed by atoms with Crippen molar-refractivity contribution in [2.45, 2.75) is 51.9 Å². The van der Waals surface area contributed by atoms with E-state index in [1.165, 1.54) is 12.8 Å². The Morgan fingerprint density at radius 1 is 1.15 bits per heavy atom. The summed E-state index contributed by atoms with van der Waals surface area (Å²) in [5, 5.41) is 0. The summed E-state index contributed by atoms with van der Waals surface area (Å²) < 4.78 is 5.73. The average Bonchev–Trinajstić information content (AvgIpc) is 2.83. The van der Waals surface area contributed by atoms with E-state index in [4.69, 9.17) is 4.74 Å². The number of hydrogen-bond acceptors (Lipinski definition) is 2. The number of ether oxygens (including phenoxy) is 1. The van der Waals surface area contributed by atoms with E-state index in [0.717, 1.165) is 25.0 Å². The lowest BCUT2D eigenvalue weighted by atomic mass is 10.1. The molecule has 0 aromatic heterocycles. The van der Waals surface area contributed by atoms with E-state index < -0.39 is 0 Å². The van der Waals surface area contributed by atoms with Gasteiger partial charge in [-0.1, -0.05) is 0 Å². The first-order valence-corrected chi connectivity index (χ1v) is 5.56. The van der Waals surface area contributed by atoms with Gasteiger partial charge in [0.15, 0.2) is 0 Å². The molecule has 0 N–H and O–H groups in total. The van der Waals surface area contributed by atoms with Crippen LogP contribution in [0.2, 0.25) is 0 Å². The van der Waals surface area contributed by atoms with Crippen LogP contribution in [0.25, 0.3) is 0 Å². The zero-order valence-corrected chi connectivity index (χ0v) is 8.99. The smallest absolute Gasteiger partial charge is 0.0678 e. The summed E-state index contributed by atoms with van der Waals surface area (Å²) in [5.74, 6) is 0.984. The van der Waals surface area contributed by atoms with Crippen LogP contribution in [0.3, 0.4) is 0 Å². The van der Waals surface area contributed by atoms with E-state index >= 15 is 0 Å². The van der Waals surface area contributed by atoms with Crippen LogP contribution in [-0.2, 0) is 4.74 Å². The minimum Gasteiger partial charge on any atom is -0.373 e. The molecule has 1 saturated heterocycles. The standard InChI is InChI=1S/C11H21NO/c1-8-6-12(7-9(2)13-8)10(3)11-4-5-11/h8-11H,4-7H2,1-3H3/t8-,9+,10?. The van der Waals surface area contributed by atoms with Gasteiger partial charge < -0.3 is 4.74 Å². The zero-order valence-electron chi connectivity index (χ0n) is 8.99. The summed E-state index contributed by atoms with van der Waals surface area (Å²) >= 11 is 0. The first-order valence-electron chi connectivity index (χ1n) is 5.56. The van der Waals surface area contributed by atoms with Crippen molar-refractivity contribution in [2.24, 2.45) is 5.92 Å². The number of hydrogen-bond donors (Lipinski definition) is 0. The Labute approximate surface area is 81.3 Å². The fourth-order valence-corrected chi connectivity index (χ4v) is 2.43. The van der Waals surface area contributed by atoms with Gasteiger partial charge in [0.1, 0.15) is 0 Å². The van der Waals surface area contributed by atoms with Gasteiger partial charge >= 0.3 is 0 Å². The van der Waals surface area contributed by atoms with E-state index in [0.29, 0.717) is 12.2 Å².